The van der Waals surface area contributed by atoms with Gasteiger partial charge in [0, 0.05) is 36.9 Å². The SMILES string of the molecule is CSCC[C@H](NC(=O)[C@H](Cc1ccc(O)cc1)NC(=O)CNC(=O)[C@@H](NC(=O)[C@H](CO)NC(=O)[C@H](CO)NC(=O)[C@H](CCC(N)=O)NC(=O)[C@H](CS)NC(=O)[C@@H](N)CO)C(C)C)C(=O)N[C@@H](Cc1cnc[nH]1)C(=O)O. The Morgan fingerprint density at radius 1 is 0.653 bits per heavy atom. The first-order valence-electron chi connectivity index (χ1n) is 23.1. The van der Waals surface area contributed by atoms with E-state index < -0.39 is 165 Å². The third kappa shape index (κ3) is 22.5. The monoisotopic (exact) mass is 1100 g/mol. The van der Waals surface area contributed by atoms with Gasteiger partial charge in [-0.15, -0.1) is 0 Å². The molecule has 0 aliphatic carbocycles. The molecule has 29 nitrogen and oxygen atoms in total. The molecule has 0 radical (unpaired) electrons. The van der Waals surface area contributed by atoms with Crippen LogP contribution in [0.4, 0.5) is 0 Å². The number of carbonyl (C=O) groups is 11. The van der Waals surface area contributed by atoms with Gasteiger partial charge in [0.1, 0.15) is 60.1 Å². The molecule has 0 spiro atoms. The van der Waals surface area contributed by atoms with Crippen molar-refractivity contribution in [2.45, 2.75) is 100 Å². The number of nitrogens with one attached hydrogen (secondary N) is 10. The quantitative estimate of drug-likeness (QED) is 0.0290. The molecule has 0 unspecified atom stereocenters. The van der Waals surface area contributed by atoms with Gasteiger partial charge < -0.3 is 89.8 Å². The van der Waals surface area contributed by atoms with Crippen molar-refractivity contribution in [3.05, 3.63) is 48.0 Å². The maximum atomic E-state index is 13.9. The first kappa shape index (κ1) is 64.1. The number of hydrogen-bond donors (Lipinski definition) is 18. The number of thioether (sulfide) groups is 1. The second-order valence-corrected chi connectivity index (χ2v) is 18.4. The summed E-state index contributed by atoms with van der Waals surface area (Å²) in [5.41, 5.74) is 11.6. The molecule has 1 heterocycles. The number of phenols is 1. The number of aromatic hydroxyl groups is 1. The Morgan fingerprint density at radius 3 is 1.65 bits per heavy atom. The molecule has 2 aromatic rings. The number of H-pyrrole nitrogens is 1. The minimum atomic E-state index is -1.85. The number of aliphatic hydroxyl groups is 3. The summed E-state index contributed by atoms with van der Waals surface area (Å²) in [6.07, 6.45) is 3.31. The summed E-state index contributed by atoms with van der Waals surface area (Å²) in [5.74, 6) is -12.0. The van der Waals surface area contributed by atoms with Gasteiger partial charge >= 0.3 is 5.97 Å². The van der Waals surface area contributed by atoms with Crippen LogP contribution in [0.5, 0.6) is 5.75 Å². The molecule has 31 heteroatoms. The molecule has 1 aromatic heterocycles. The number of hydrogen-bond acceptors (Lipinski definition) is 19. The number of nitrogens with zero attached hydrogens (tertiary/aromatic N) is 1. The summed E-state index contributed by atoms with van der Waals surface area (Å²) >= 11 is 5.35. The van der Waals surface area contributed by atoms with Crippen molar-refractivity contribution < 1.29 is 78.3 Å². The first-order chi connectivity index (χ1) is 35.5. The first-order valence-corrected chi connectivity index (χ1v) is 25.1. The summed E-state index contributed by atoms with van der Waals surface area (Å²) in [5, 5.41) is 69.9. The largest absolute Gasteiger partial charge is 0.508 e. The van der Waals surface area contributed by atoms with Gasteiger partial charge in [-0.2, -0.15) is 24.4 Å². The lowest BCUT2D eigenvalue weighted by Gasteiger charge is -2.27. The fourth-order valence-electron chi connectivity index (χ4n) is 6.57. The van der Waals surface area contributed by atoms with Crippen molar-refractivity contribution in [3.63, 3.8) is 0 Å². The number of nitrogens with two attached hydrogens (primary N) is 2. The van der Waals surface area contributed by atoms with Crippen LogP contribution in [0.25, 0.3) is 0 Å². The lowest BCUT2D eigenvalue weighted by Crippen LogP contribution is -2.61. The number of aliphatic hydroxyl groups excluding tert-OH is 3. The molecule has 0 bridgehead atoms. The number of amides is 10. The summed E-state index contributed by atoms with van der Waals surface area (Å²) in [6, 6.07) is -7.95. The van der Waals surface area contributed by atoms with Crippen molar-refractivity contribution in [1.82, 2.24) is 57.8 Å². The van der Waals surface area contributed by atoms with E-state index in [9.17, 15) is 73.2 Å². The van der Waals surface area contributed by atoms with E-state index in [0.717, 1.165) is 0 Å². The Labute approximate surface area is 439 Å². The molecule has 416 valence electrons. The highest BCUT2D eigenvalue weighted by Gasteiger charge is 2.35. The van der Waals surface area contributed by atoms with Crippen molar-refractivity contribution in [3.8, 4) is 5.75 Å². The Kier molecular flexibility index (Phi) is 28.2. The highest BCUT2D eigenvalue weighted by molar-refractivity contribution is 7.98. The number of phenolic OH excluding ortho intramolecular Hbond substituents is 1. The minimum absolute atomic E-state index is 0.0556. The minimum Gasteiger partial charge on any atom is -0.508 e. The van der Waals surface area contributed by atoms with E-state index in [-0.39, 0.29) is 30.8 Å². The van der Waals surface area contributed by atoms with E-state index in [1.807, 2.05) is 0 Å². The fourth-order valence-corrected chi connectivity index (χ4v) is 7.30. The maximum absolute atomic E-state index is 13.9. The number of imidazole rings is 1. The zero-order chi connectivity index (χ0) is 56.4. The number of aromatic nitrogens is 2. The van der Waals surface area contributed by atoms with Crippen molar-refractivity contribution in [2.75, 3.05) is 44.1 Å². The smallest absolute Gasteiger partial charge is 0.326 e. The number of carboxylic acid groups (broad SMARTS) is 1. The molecule has 9 atom stereocenters. The van der Waals surface area contributed by atoms with Crippen LogP contribution in [0.1, 0.15) is 44.4 Å². The Bertz CT molecular complexity index is 2260. The number of carbonyl (C=O) groups excluding carboxylic acids is 10. The molecule has 0 aliphatic rings. The van der Waals surface area contributed by atoms with Crippen LogP contribution >= 0.6 is 24.4 Å². The number of carboxylic acids is 1. The molecule has 0 fully saturated rings. The lowest BCUT2D eigenvalue weighted by molar-refractivity contribution is -0.142. The molecule has 2 rings (SSSR count). The Hall–Kier alpha value is -7.06. The van der Waals surface area contributed by atoms with Gasteiger partial charge in [-0.1, -0.05) is 26.0 Å². The van der Waals surface area contributed by atoms with Gasteiger partial charge in [0.15, 0.2) is 0 Å². The summed E-state index contributed by atoms with van der Waals surface area (Å²) in [4.78, 5) is 150. The van der Waals surface area contributed by atoms with E-state index in [2.05, 4.69) is 70.4 Å². The van der Waals surface area contributed by atoms with Crippen LogP contribution in [0, 0.1) is 5.92 Å². The molecule has 1 aromatic carbocycles. The maximum Gasteiger partial charge on any atom is 0.326 e. The third-order valence-electron chi connectivity index (χ3n) is 10.8. The molecule has 0 saturated heterocycles. The highest BCUT2D eigenvalue weighted by Crippen LogP contribution is 2.13. The molecule has 10 amide bonds. The number of benzene rings is 1. The predicted octanol–water partition coefficient (Wildman–Crippen LogP) is -7.11. The predicted molar refractivity (Wildman–Crippen MR) is 270 cm³/mol. The molecule has 0 aliphatic heterocycles. The zero-order valence-electron chi connectivity index (χ0n) is 41.2. The number of rotatable bonds is 34. The summed E-state index contributed by atoms with van der Waals surface area (Å²) < 4.78 is 0. The van der Waals surface area contributed by atoms with Crippen LogP contribution in [0.2, 0.25) is 0 Å². The van der Waals surface area contributed by atoms with Crippen molar-refractivity contribution in [1.29, 1.82) is 0 Å². The highest BCUT2D eigenvalue weighted by atomic mass is 32.2. The number of thiol groups is 1. The van der Waals surface area contributed by atoms with Gasteiger partial charge in [0.05, 0.1) is 32.7 Å². The van der Waals surface area contributed by atoms with Crippen molar-refractivity contribution >= 4 is 89.4 Å². The third-order valence-corrected chi connectivity index (χ3v) is 11.8. The van der Waals surface area contributed by atoms with Crippen LogP contribution in [-0.4, -0.2) is 199 Å². The summed E-state index contributed by atoms with van der Waals surface area (Å²) in [6.45, 7) is -0.698. The van der Waals surface area contributed by atoms with Gasteiger partial charge in [0.25, 0.3) is 0 Å². The van der Waals surface area contributed by atoms with E-state index in [1.54, 1.807) is 6.26 Å². The van der Waals surface area contributed by atoms with Crippen LogP contribution in [0.15, 0.2) is 36.8 Å². The van der Waals surface area contributed by atoms with Gasteiger partial charge in [0.2, 0.25) is 59.1 Å². The van der Waals surface area contributed by atoms with Crippen LogP contribution in [0.3, 0.4) is 0 Å². The second-order valence-electron chi connectivity index (χ2n) is 17.0. The standard InChI is InChI=1S/C44H67N13O16S2/c1-21(2)35(57-41(69)31(18-60)55-40(68)30(17-59)54-37(65)26(8-9-33(46)62)51-42(70)32(19-74)56-36(64)25(45)16-58)43(71)48-15-34(63)50-28(12-22-4-6-24(61)7-5-22)39(67)52-27(10-11-75-3)38(66)53-29(44(72)73)13-23-14-47-20-49-23/h4-7,14,20-21,25-32,35,58-61,74H,8-13,15-19,45H2,1-3H3,(H2,46,62)(H,47,49)(H,48,71)(H,50,63)(H,51,70)(H,52,67)(H,53,66)(H,54,65)(H,55,68)(H,56,64)(H,57,69)(H,72,73)/t25-,26-,27-,28-,29-,30-,31-,32-,35-/m0/s1. The van der Waals surface area contributed by atoms with Crippen LogP contribution in [-0.2, 0) is 65.6 Å². The Morgan fingerprint density at radius 2 is 1.16 bits per heavy atom. The molecule has 19 N–H and O–H groups in total. The fraction of sp³-hybridized carbons (Fsp3) is 0.545. The average molecular weight is 1100 g/mol. The van der Waals surface area contributed by atoms with E-state index >= 15 is 0 Å². The van der Waals surface area contributed by atoms with Crippen LogP contribution < -0.4 is 59.3 Å². The van der Waals surface area contributed by atoms with Gasteiger partial charge in [-0.3, -0.25) is 47.9 Å². The molecule has 75 heavy (non-hydrogen) atoms. The van der Waals surface area contributed by atoms with E-state index in [0.29, 0.717) is 17.0 Å². The number of aromatic amines is 1. The zero-order valence-corrected chi connectivity index (χ0v) is 42.9. The normalized spacial score (nSPS) is 14.6. The van der Waals surface area contributed by atoms with E-state index in [1.165, 1.54) is 62.4 Å². The van der Waals surface area contributed by atoms with Crippen molar-refractivity contribution in [2.24, 2.45) is 17.4 Å². The Balaban J connectivity index is 2.19. The topological polar surface area (TPSA) is 478 Å². The molecular formula is C44H67N13O16S2. The van der Waals surface area contributed by atoms with Gasteiger partial charge in [-0.05, 0) is 48.5 Å². The molecule has 0 saturated carbocycles. The number of primary amides is 1. The summed E-state index contributed by atoms with van der Waals surface area (Å²) in [7, 11) is 0. The lowest BCUT2D eigenvalue weighted by atomic mass is 10.0. The average Bonchev–Trinajstić information content (AvgIpc) is 3.89. The number of aliphatic carboxylic acids is 1. The second kappa shape index (κ2) is 33.0. The van der Waals surface area contributed by atoms with E-state index in [4.69, 9.17) is 16.6 Å². The molecular weight excluding hydrogens is 1030 g/mol. The van der Waals surface area contributed by atoms with Gasteiger partial charge in [-0.25, -0.2) is 9.78 Å².